The lowest BCUT2D eigenvalue weighted by molar-refractivity contribution is 0.100. The predicted octanol–water partition coefficient (Wildman–Crippen LogP) is 3.30. The van der Waals surface area contributed by atoms with E-state index >= 15 is 0 Å². The highest BCUT2D eigenvalue weighted by Crippen LogP contribution is 2.33. The molecular formula is C21H17ClFN5O2. The maximum Gasteiger partial charge on any atom is 0.251 e. The van der Waals surface area contributed by atoms with Crippen LogP contribution in [0.25, 0.3) is 27.6 Å². The second-order valence-corrected chi connectivity index (χ2v) is 7.43. The molecule has 0 spiro atoms. The number of benzene rings is 2. The Bertz CT molecular complexity index is 1300. The molecule has 1 aliphatic heterocycles. The summed E-state index contributed by atoms with van der Waals surface area (Å²) < 4.78 is 21.6. The number of pyridine rings is 1. The van der Waals surface area contributed by atoms with Gasteiger partial charge in [-0.25, -0.2) is 9.37 Å². The third kappa shape index (κ3) is 2.96. The summed E-state index contributed by atoms with van der Waals surface area (Å²) in [7, 11) is 0. The lowest BCUT2D eigenvalue weighted by Crippen LogP contribution is -2.36. The molecule has 2 aromatic carbocycles. The van der Waals surface area contributed by atoms with E-state index in [1.807, 2.05) is 6.07 Å². The number of imidazole rings is 1. The first kappa shape index (κ1) is 18.8. The minimum atomic E-state index is -0.566. The van der Waals surface area contributed by atoms with Crippen LogP contribution in [0.2, 0.25) is 5.02 Å². The summed E-state index contributed by atoms with van der Waals surface area (Å²) in [5.41, 5.74) is 8.73. The van der Waals surface area contributed by atoms with Crippen LogP contribution in [0.3, 0.4) is 0 Å². The molecule has 0 bridgehead atoms. The molecule has 0 aliphatic carbocycles. The SMILES string of the molecule is NC(=O)c1cc(N2CCOCC2)cc2c1ncn2-c1ccnc2c(F)ccc(Cl)c12. The first-order chi connectivity index (χ1) is 14.5. The third-order valence-corrected chi connectivity index (χ3v) is 5.62. The number of ether oxygens (including phenoxy) is 1. The van der Waals surface area contributed by atoms with Gasteiger partial charge in [-0.1, -0.05) is 11.6 Å². The van der Waals surface area contributed by atoms with Crippen molar-refractivity contribution in [1.82, 2.24) is 14.5 Å². The Morgan fingerprint density at radius 1 is 1.13 bits per heavy atom. The van der Waals surface area contributed by atoms with Crippen LogP contribution in [0.4, 0.5) is 10.1 Å². The summed E-state index contributed by atoms with van der Waals surface area (Å²) in [5, 5.41) is 0.840. The molecule has 1 fully saturated rings. The van der Waals surface area contributed by atoms with Gasteiger partial charge in [0.2, 0.25) is 0 Å². The Balaban J connectivity index is 1.79. The molecule has 1 saturated heterocycles. The number of amides is 1. The zero-order chi connectivity index (χ0) is 20.8. The largest absolute Gasteiger partial charge is 0.378 e. The van der Waals surface area contributed by atoms with Gasteiger partial charge in [-0.3, -0.25) is 14.3 Å². The molecule has 4 aromatic rings. The average molecular weight is 426 g/mol. The molecule has 5 rings (SSSR count). The van der Waals surface area contributed by atoms with Crippen LogP contribution in [-0.4, -0.2) is 46.7 Å². The molecule has 2 aromatic heterocycles. The van der Waals surface area contributed by atoms with Crippen molar-refractivity contribution in [3.8, 4) is 5.69 Å². The minimum absolute atomic E-state index is 0.168. The number of halogens is 2. The Kier molecular flexibility index (Phi) is 4.52. The molecule has 152 valence electrons. The fraction of sp³-hybridized carbons (Fsp3) is 0.190. The number of anilines is 1. The number of fused-ring (bicyclic) bond motifs is 2. The minimum Gasteiger partial charge on any atom is -0.378 e. The maximum absolute atomic E-state index is 14.4. The molecule has 0 unspecified atom stereocenters. The van der Waals surface area contributed by atoms with Crippen LogP contribution in [0.5, 0.6) is 0 Å². The van der Waals surface area contributed by atoms with Crippen molar-refractivity contribution in [3.05, 3.63) is 59.3 Å². The first-order valence-electron chi connectivity index (χ1n) is 9.41. The zero-order valence-electron chi connectivity index (χ0n) is 15.8. The number of nitrogens with two attached hydrogens (primary N) is 1. The Morgan fingerprint density at radius 3 is 2.70 bits per heavy atom. The smallest absolute Gasteiger partial charge is 0.251 e. The van der Waals surface area contributed by atoms with Gasteiger partial charge in [0.05, 0.1) is 35.0 Å². The summed E-state index contributed by atoms with van der Waals surface area (Å²) in [6, 6.07) is 8.22. The molecule has 0 atom stereocenters. The predicted molar refractivity (Wildman–Crippen MR) is 113 cm³/mol. The Hall–Kier alpha value is -3.23. The highest BCUT2D eigenvalue weighted by atomic mass is 35.5. The Morgan fingerprint density at radius 2 is 1.93 bits per heavy atom. The summed E-state index contributed by atoms with van der Waals surface area (Å²) in [6.45, 7) is 2.61. The molecule has 3 heterocycles. The van der Waals surface area contributed by atoms with Crippen LogP contribution in [0, 0.1) is 5.82 Å². The highest BCUT2D eigenvalue weighted by molar-refractivity contribution is 6.36. The van der Waals surface area contributed by atoms with Gasteiger partial charge in [0.1, 0.15) is 23.2 Å². The molecule has 7 nitrogen and oxygen atoms in total. The van der Waals surface area contributed by atoms with E-state index in [-0.39, 0.29) is 5.52 Å². The van der Waals surface area contributed by atoms with Gasteiger partial charge < -0.3 is 15.4 Å². The van der Waals surface area contributed by atoms with E-state index in [0.717, 1.165) is 5.69 Å². The molecule has 30 heavy (non-hydrogen) atoms. The number of rotatable bonds is 3. The summed E-state index contributed by atoms with van der Waals surface area (Å²) >= 11 is 6.40. The molecule has 0 radical (unpaired) electrons. The van der Waals surface area contributed by atoms with Crippen molar-refractivity contribution in [3.63, 3.8) is 0 Å². The number of carbonyl (C=O) groups is 1. The third-order valence-electron chi connectivity index (χ3n) is 5.31. The van der Waals surface area contributed by atoms with Gasteiger partial charge in [0.25, 0.3) is 5.91 Å². The normalized spacial score (nSPS) is 14.5. The first-order valence-corrected chi connectivity index (χ1v) is 9.79. The van der Waals surface area contributed by atoms with E-state index in [9.17, 15) is 9.18 Å². The standard InChI is InChI=1S/C21H17ClFN5O2/c22-14-1-2-15(23)20-18(14)16(3-4-25-20)28-11-26-19-13(21(24)29)9-12(10-17(19)28)27-5-7-30-8-6-27/h1-4,9-11H,5-8H2,(H2,24,29). The van der Waals surface area contributed by atoms with Crippen LogP contribution >= 0.6 is 11.6 Å². The molecule has 2 N–H and O–H groups in total. The summed E-state index contributed by atoms with van der Waals surface area (Å²) in [5.74, 6) is -1.03. The number of carbonyl (C=O) groups excluding carboxylic acids is 1. The van der Waals surface area contributed by atoms with Gasteiger partial charge in [0.15, 0.2) is 0 Å². The monoisotopic (exact) mass is 425 g/mol. The van der Waals surface area contributed by atoms with E-state index in [1.54, 1.807) is 23.0 Å². The lowest BCUT2D eigenvalue weighted by Gasteiger charge is -2.29. The Labute approximate surface area is 175 Å². The second-order valence-electron chi connectivity index (χ2n) is 7.02. The van der Waals surface area contributed by atoms with Crippen molar-refractivity contribution in [2.24, 2.45) is 5.73 Å². The number of aromatic nitrogens is 3. The van der Waals surface area contributed by atoms with Crippen molar-refractivity contribution in [2.75, 3.05) is 31.2 Å². The number of nitrogens with zero attached hydrogens (tertiary/aromatic N) is 4. The molecule has 1 aliphatic rings. The quantitative estimate of drug-likeness (QED) is 0.544. The van der Waals surface area contributed by atoms with Gasteiger partial charge in [-0.15, -0.1) is 0 Å². The zero-order valence-corrected chi connectivity index (χ0v) is 16.6. The number of hydrogen-bond donors (Lipinski definition) is 1. The molecular weight excluding hydrogens is 409 g/mol. The molecule has 0 saturated carbocycles. The van der Waals surface area contributed by atoms with Crippen molar-refractivity contribution >= 4 is 45.1 Å². The van der Waals surface area contributed by atoms with Crippen LogP contribution in [0.1, 0.15) is 10.4 Å². The van der Waals surface area contributed by atoms with E-state index in [4.69, 9.17) is 22.1 Å². The number of morpholine rings is 1. The average Bonchev–Trinajstić information content (AvgIpc) is 3.19. The van der Waals surface area contributed by atoms with E-state index in [2.05, 4.69) is 14.9 Å². The van der Waals surface area contributed by atoms with Gasteiger partial charge in [-0.05, 0) is 30.3 Å². The van der Waals surface area contributed by atoms with Crippen LogP contribution in [-0.2, 0) is 4.74 Å². The van der Waals surface area contributed by atoms with E-state index < -0.39 is 11.7 Å². The van der Waals surface area contributed by atoms with E-state index in [0.29, 0.717) is 59.0 Å². The number of hydrogen-bond acceptors (Lipinski definition) is 5. The van der Waals surface area contributed by atoms with E-state index in [1.165, 1.54) is 18.3 Å². The topological polar surface area (TPSA) is 86.3 Å². The van der Waals surface area contributed by atoms with Gasteiger partial charge in [-0.2, -0.15) is 0 Å². The molecule has 1 amide bonds. The highest BCUT2D eigenvalue weighted by Gasteiger charge is 2.20. The maximum atomic E-state index is 14.4. The fourth-order valence-corrected chi connectivity index (χ4v) is 4.11. The van der Waals surface area contributed by atoms with Gasteiger partial charge >= 0.3 is 0 Å². The fourth-order valence-electron chi connectivity index (χ4n) is 3.86. The lowest BCUT2D eigenvalue weighted by atomic mass is 10.1. The summed E-state index contributed by atoms with van der Waals surface area (Å²) in [4.78, 5) is 22.8. The second kappa shape index (κ2) is 7.23. The number of primary amides is 1. The summed E-state index contributed by atoms with van der Waals surface area (Å²) in [6.07, 6.45) is 3.10. The van der Waals surface area contributed by atoms with Crippen molar-refractivity contribution in [2.45, 2.75) is 0 Å². The molecule has 9 heteroatoms. The van der Waals surface area contributed by atoms with Crippen molar-refractivity contribution in [1.29, 1.82) is 0 Å². The van der Waals surface area contributed by atoms with Crippen LogP contribution < -0.4 is 10.6 Å². The van der Waals surface area contributed by atoms with Crippen LogP contribution in [0.15, 0.2) is 42.9 Å². The van der Waals surface area contributed by atoms with Crippen molar-refractivity contribution < 1.29 is 13.9 Å². The van der Waals surface area contributed by atoms with Gasteiger partial charge in [0, 0.05) is 30.4 Å².